The summed E-state index contributed by atoms with van der Waals surface area (Å²) < 4.78 is 11.0. The number of likely N-dealkylation sites (N-methyl/N-ethyl adjacent to an activating group) is 1. The van der Waals surface area contributed by atoms with Gasteiger partial charge < -0.3 is 25.1 Å². The number of carbonyl (C=O) groups excluding carboxylic acids is 1. The third-order valence-electron chi connectivity index (χ3n) is 3.42. The second-order valence-corrected chi connectivity index (χ2v) is 5.38. The zero-order chi connectivity index (χ0) is 18.1. The Bertz CT molecular complexity index is 697. The lowest BCUT2D eigenvalue weighted by atomic mass is 10.3. The van der Waals surface area contributed by atoms with Crippen LogP contribution in [0.1, 0.15) is 23.2 Å². The highest BCUT2D eigenvalue weighted by molar-refractivity contribution is 5.89. The van der Waals surface area contributed by atoms with Crippen LogP contribution in [0.3, 0.4) is 0 Å². The SMILES string of the molecule is CCNC(=NCc1ccc(C(N)=O)o1)N(C)CCOc1ccccc1. The second-order valence-electron chi connectivity index (χ2n) is 5.38. The molecule has 25 heavy (non-hydrogen) atoms. The molecule has 0 fully saturated rings. The van der Waals surface area contributed by atoms with Gasteiger partial charge in [-0.2, -0.15) is 0 Å². The number of para-hydroxylation sites is 1. The first-order chi connectivity index (χ1) is 12.1. The van der Waals surface area contributed by atoms with Gasteiger partial charge in [-0.15, -0.1) is 0 Å². The molecule has 1 aromatic carbocycles. The Hall–Kier alpha value is -2.96. The summed E-state index contributed by atoms with van der Waals surface area (Å²) in [5, 5.41) is 3.22. The van der Waals surface area contributed by atoms with Gasteiger partial charge in [0.1, 0.15) is 24.7 Å². The highest BCUT2D eigenvalue weighted by Gasteiger charge is 2.09. The first kappa shape index (κ1) is 18.4. The summed E-state index contributed by atoms with van der Waals surface area (Å²) in [4.78, 5) is 17.5. The number of rotatable bonds is 8. The van der Waals surface area contributed by atoms with Gasteiger partial charge in [0.2, 0.25) is 0 Å². The molecular formula is C18H24N4O3. The summed E-state index contributed by atoms with van der Waals surface area (Å²) in [6.07, 6.45) is 0. The fourth-order valence-electron chi connectivity index (χ4n) is 2.14. The maximum Gasteiger partial charge on any atom is 0.284 e. The van der Waals surface area contributed by atoms with Crippen LogP contribution in [0.5, 0.6) is 5.75 Å². The normalized spacial score (nSPS) is 11.2. The van der Waals surface area contributed by atoms with E-state index in [0.29, 0.717) is 25.5 Å². The van der Waals surface area contributed by atoms with Crippen molar-refractivity contribution in [3.63, 3.8) is 0 Å². The van der Waals surface area contributed by atoms with Crippen LogP contribution in [0.15, 0.2) is 51.9 Å². The molecule has 1 heterocycles. The van der Waals surface area contributed by atoms with E-state index in [1.54, 1.807) is 12.1 Å². The first-order valence-electron chi connectivity index (χ1n) is 8.16. The third-order valence-corrected chi connectivity index (χ3v) is 3.42. The molecule has 0 bridgehead atoms. The van der Waals surface area contributed by atoms with Gasteiger partial charge in [-0.25, -0.2) is 4.99 Å². The molecular weight excluding hydrogens is 320 g/mol. The summed E-state index contributed by atoms with van der Waals surface area (Å²) in [6, 6.07) is 12.9. The van der Waals surface area contributed by atoms with Gasteiger partial charge in [-0.3, -0.25) is 4.79 Å². The van der Waals surface area contributed by atoms with Crippen LogP contribution in [0.2, 0.25) is 0 Å². The number of hydrogen-bond acceptors (Lipinski definition) is 4. The highest BCUT2D eigenvalue weighted by Crippen LogP contribution is 2.09. The van der Waals surface area contributed by atoms with Crippen molar-refractivity contribution >= 4 is 11.9 Å². The van der Waals surface area contributed by atoms with Crippen molar-refractivity contribution < 1.29 is 13.9 Å². The molecule has 134 valence electrons. The Labute approximate surface area is 147 Å². The van der Waals surface area contributed by atoms with E-state index in [4.69, 9.17) is 14.9 Å². The van der Waals surface area contributed by atoms with Crippen molar-refractivity contribution in [2.75, 3.05) is 26.7 Å². The lowest BCUT2D eigenvalue weighted by Crippen LogP contribution is -2.40. The van der Waals surface area contributed by atoms with E-state index in [-0.39, 0.29) is 5.76 Å². The molecule has 0 unspecified atom stereocenters. The molecule has 3 N–H and O–H groups in total. The van der Waals surface area contributed by atoms with Gasteiger partial charge in [0, 0.05) is 13.6 Å². The standard InChI is InChI=1S/C18H24N4O3/c1-3-20-18(21-13-15-9-10-16(25-15)17(19)23)22(2)11-12-24-14-7-5-4-6-8-14/h4-10H,3,11-13H2,1-2H3,(H2,19,23)(H,20,21). The van der Waals surface area contributed by atoms with Gasteiger partial charge in [0.05, 0.1) is 6.54 Å². The minimum atomic E-state index is -0.586. The third kappa shape index (κ3) is 5.87. The average Bonchev–Trinajstić information content (AvgIpc) is 3.08. The van der Waals surface area contributed by atoms with Crippen molar-refractivity contribution in [2.45, 2.75) is 13.5 Å². The molecule has 2 rings (SSSR count). The molecule has 0 saturated carbocycles. The van der Waals surface area contributed by atoms with Gasteiger partial charge in [-0.1, -0.05) is 18.2 Å². The maximum absolute atomic E-state index is 11.1. The molecule has 1 amide bonds. The molecule has 0 aliphatic rings. The Morgan fingerprint density at radius 2 is 2.04 bits per heavy atom. The lowest BCUT2D eigenvalue weighted by Gasteiger charge is -2.22. The second kappa shape index (κ2) is 9.36. The van der Waals surface area contributed by atoms with Crippen LogP contribution in [-0.4, -0.2) is 43.5 Å². The number of benzene rings is 1. The molecule has 0 atom stereocenters. The lowest BCUT2D eigenvalue weighted by molar-refractivity contribution is 0.0972. The topological polar surface area (TPSA) is 93.1 Å². The largest absolute Gasteiger partial charge is 0.492 e. The number of carbonyl (C=O) groups is 1. The van der Waals surface area contributed by atoms with Crippen molar-refractivity contribution in [1.29, 1.82) is 0 Å². The van der Waals surface area contributed by atoms with Gasteiger partial charge >= 0.3 is 0 Å². The fraction of sp³-hybridized carbons (Fsp3) is 0.333. The Morgan fingerprint density at radius 1 is 1.28 bits per heavy atom. The average molecular weight is 344 g/mol. The molecule has 1 aromatic heterocycles. The van der Waals surface area contributed by atoms with Crippen LogP contribution >= 0.6 is 0 Å². The minimum absolute atomic E-state index is 0.139. The predicted molar refractivity (Wildman–Crippen MR) is 96.6 cm³/mol. The van der Waals surface area contributed by atoms with Crippen LogP contribution in [0.4, 0.5) is 0 Å². The number of hydrogen-bond donors (Lipinski definition) is 2. The number of ether oxygens (including phenoxy) is 1. The van der Waals surface area contributed by atoms with E-state index in [9.17, 15) is 4.79 Å². The molecule has 0 aliphatic heterocycles. The Balaban J connectivity index is 1.89. The van der Waals surface area contributed by atoms with Gasteiger partial charge in [0.25, 0.3) is 5.91 Å². The number of amides is 1. The number of aliphatic imine (C=N–C) groups is 1. The number of nitrogens with two attached hydrogens (primary N) is 1. The van der Waals surface area contributed by atoms with E-state index < -0.39 is 5.91 Å². The van der Waals surface area contributed by atoms with E-state index in [1.165, 1.54) is 0 Å². The minimum Gasteiger partial charge on any atom is -0.492 e. The van der Waals surface area contributed by atoms with Gasteiger partial charge in [-0.05, 0) is 31.2 Å². The molecule has 7 heteroatoms. The molecule has 0 saturated heterocycles. The zero-order valence-corrected chi connectivity index (χ0v) is 14.6. The molecule has 0 spiro atoms. The number of furan rings is 1. The van der Waals surface area contributed by atoms with Crippen LogP contribution in [-0.2, 0) is 6.54 Å². The number of guanidine groups is 1. The molecule has 2 aromatic rings. The number of primary amides is 1. The highest BCUT2D eigenvalue weighted by atomic mass is 16.5. The number of nitrogens with one attached hydrogen (secondary N) is 1. The van der Waals surface area contributed by atoms with Crippen LogP contribution in [0, 0.1) is 0 Å². The maximum atomic E-state index is 11.1. The van der Waals surface area contributed by atoms with Crippen molar-refractivity contribution in [3.8, 4) is 5.75 Å². The zero-order valence-electron chi connectivity index (χ0n) is 14.6. The van der Waals surface area contributed by atoms with E-state index >= 15 is 0 Å². The van der Waals surface area contributed by atoms with Crippen molar-refractivity contribution in [2.24, 2.45) is 10.7 Å². The quantitative estimate of drug-likeness (QED) is 0.563. The monoisotopic (exact) mass is 344 g/mol. The van der Waals surface area contributed by atoms with E-state index in [2.05, 4.69) is 10.3 Å². The van der Waals surface area contributed by atoms with Crippen molar-refractivity contribution in [3.05, 3.63) is 54.0 Å². The van der Waals surface area contributed by atoms with Crippen LogP contribution in [0.25, 0.3) is 0 Å². The Morgan fingerprint density at radius 3 is 2.68 bits per heavy atom. The van der Waals surface area contributed by atoms with E-state index in [0.717, 1.165) is 18.3 Å². The smallest absolute Gasteiger partial charge is 0.284 e. The first-order valence-corrected chi connectivity index (χ1v) is 8.16. The fourth-order valence-corrected chi connectivity index (χ4v) is 2.14. The molecule has 0 aliphatic carbocycles. The van der Waals surface area contributed by atoms with Gasteiger partial charge in [0.15, 0.2) is 11.7 Å². The summed E-state index contributed by atoms with van der Waals surface area (Å²) in [7, 11) is 1.94. The van der Waals surface area contributed by atoms with E-state index in [1.807, 2.05) is 49.2 Å². The summed E-state index contributed by atoms with van der Waals surface area (Å²) >= 11 is 0. The number of nitrogens with zero attached hydrogens (tertiary/aromatic N) is 2. The van der Waals surface area contributed by atoms with Crippen molar-refractivity contribution in [1.82, 2.24) is 10.2 Å². The summed E-state index contributed by atoms with van der Waals surface area (Å²) in [5.74, 6) is 1.71. The molecule has 0 radical (unpaired) electrons. The summed E-state index contributed by atoms with van der Waals surface area (Å²) in [6.45, 7) is 4.28. The Kier molecular flexibility index (Phi) is 6.88. The van der Waals surface area contributed by atoms with Crippen LogP contribution < -0.4 is 15.8 Å². The predicted octanol–water partition coefficient (Wildman–Crippen LogP) is 1.85. The summed E-state index contributed by atoms with van der Waals surface area (Å²) in [5.41, 5.74) is 5.18. The molecule has 7 nitrogen and oxygen atoms in total.